The van der Waals surface area contributed by atoms with Gasteiger partial charge in [0, 0.05) is 48.9 Å². The van der Waals surface area contributed by atoms with Crippen molar-refractivity contribution in [3.63, 3.8) is 0 Å². The summed E-state index contributed by atoms with van der Waals surface area (Å²) in [6.07, 6.45) is 3.05. The summed E-state index contributed by atoms with van der Waals surface area (Å²) in [5.41, 5.74) is 2.22. The lowest BCUT2D eigenvalue weighted by Crippen LogP contribution is -2.39. The van der Waals surface area contributed by atoms with Crippen LogP contribution in [0.5, 0.6) is 0 Å². The summed E-state index contributed by atoms with van der Waals surface area (Å²) in [6, 6.07) is 8.04. The first-order valence-electron chi connectivity index (χ1n) is 10.2. The van der Waals surface area contributed by atoms with Gasteiger partial charge >= 0.3 is 0 Å². The number of carbonyl (C=O) groups is 1. The molecule has 0 radical (unpaired) electrons. The van der Waals surface area contributed by atoms with Gasteiger partial charge in [-0.25, -0.2) is 8.78 Å². The van der Waals surface area contributed by atoms with Gasteiger partial charge in [0.1, 0.15) is 0 Å². The molecule has 2 aliphatic rings. The first-order chi connectivity index (χ1) is 14.6. The number of nitrogens with zero attached hydrogens (tertiary/aromatic N) is 2. The Bertz CT molecular complexity index is 1100. The maximum Gasteiger partial charge on any atom is 0.272 e. The number of aromatic amines is 1. The zero-order valence-electron chi connectivity index (χ0n) is 16.4. The second kappa shape index (κ2) is 7.68. The van der Waals surface area contributed by atoms with Crippen LogP contribution in [0.25, 0.3) is 22.0 Å². The molecule has 1 aromatic heterocycles. The highest BCUT2D eigenvalue weighted by molar-refractivity contribution is 6.05. The molecule has 1 atom stereocenters. The zero-order valence-corrected chi connectivity index (χ0v) is 16.4. The second-order valence-corrected chi connectivity index (χ2v) is 7.81. The normalized spacial score (nSPS) is 18.6. The Hall–Kier alpha value is -3.00. The van der Waals surface area contributed by atoms with E-state index in [4.69, 9.17) is 4.74 Å². The number of nitrogens with one attached hydrogen (secondary N) is 2. The number of halogens is 2. The third-order valence-electron chi connectivity index (χ3n) is 5.86. The van der Waals surface area contributed by atoms with Crippen molar-refractivity contribution in [2.75, 3.05) is 31.1 Å². The number of hydrogen-bond donors (Lipinski definition) is 2. The van der Waals surface area contributed by atoms with Crippen molar-refractivity contribution in [3.8, 4) is 11.1 Å². The molecule has 2 N–H and O–H groups in total. The predicted octanol–water partition coefficient (Wildman–Crippen LogP) is 3.63. The molecule has 156 valence electrons. The maximum atomic E-state index is 14.7. The van der Waals surface area contributed by atoms with Crippen LogP contribution < -0.4 is 10.2 Å². The summed E-state index contributed by atoms with van der Waals surface area (Å²) in [7, 11) is 0. The summed E-state index contributed by atoms with van der Waals surface area (Å²) in [4.78, 5) is 14.6. The molecule has 0 bridgehead atoms. The van der Waals surface area contributed by atoms with E-state index in [-0.39, 0.29) is 23.3 Å². The average molecular weight is 412 g/mol. The second-order valence-electron chi connectivity index (χ2n) is 7.81. The van der Waals surface area contributed by atoms with E-state index in [0.717, 1.165) is 32.4 Å². The van der Waals surface area contributed by atoms with Gasteiger partial charge in [-0.1, -0.05) is 6.07 Å². The van der Waals surface area contributed by atoms with Gasteiger partial charge < -0.3 is 15.0 Å². The molecule has 5 rings (SSSR count). The first kappa shape index (κ1) is 19.0. The van der Waals surface area contributed by atoms with E-state index >= 15 is 0 Å². The molecule has 1 amide bonds. The van der Waals surface area contributed by atoms with Crippen molar-refractivity contribution in [2.24, 2.45) is 0 Å². The Labute approximate surface area is 172 Å². The minimum atomic E-state index is -0.895. The highest BCUT2D eigenvalue weighted by Crippen LogP contribution is 2.33. The molecule has 2 saturated heterocycles. The molecule has 1 unspecified atom stereocenters. The van der Waals surface area contributed by atoms with E-state index in [0.29, 0.717) is 35.3 Å². The molecule has 0 aliphatic carbocycles. The lowest BCUT2D eigenvalue weighted by atomic mass is 10.0. The molecule has 2 aliphatic heterocycles. The van der Waals surface area contributed by atoms with Crippen molar-refractivity contribution >= 4 is 22.5 Å². The van der Waals surface area contributed by atoms with E-state index in [1.54, 1.807) is 24.3 Å². The number of amides is 1. The molecule has 3 heterocycles. The minimum Gasteiger partial charge on any atom is -0.376 e. The van der Waals surface area contributed by atoms with Gasteiger partial charge in [0.15, 0.2) is 17.3 Å². The predicted molar refractivity (Wildman–Crippen MR) is 110 cm³/mol. The Morgan fingerprint density at radius 2 is 2.03 bits per heavy atom. The zero-order chi connectivity index (χ0) is 20.7. The number of anilines is 1. The number of ether oxygens (including phenoxy) is 1. The number of fused-ring (bicyclic) bond motifs is 1. The monoisotopic (exact) mass is 412 g/mol. The quantitative estimate of drug-likeness (QED) is 0.672. The molecule has 0 saturated carbocycles. The number of hydrogen-bond acceptors (Lipinski definition) is 4. The summed E-state index contributed by atoms with van der Waals surface area (Å²) >= 11 is 0. The third kappa shape index (κ3) is 3.41. The van der Waals surface area contributed by atoms with E-state index in [9.17, 15) is 13.6 Å². The largest absolute Gasteiger partial charge is 0.376 e. The smallest absolute Gasteiger partial charge is 0.272 e. The summed E-state index contributed by atoms with van der Waals surface area (Å²) < 4.78 is 34.4. The molecule has 2 fully saturated rings. The Morgan fingerprint density at radius 3 is 2.77 bits per heavy atom. The standard InChI is InChI=1S/C22H22F2N4O2/c23-18-11-14(28-6-1-2-7-28)10-16(20(18)24)13-3-4-19-17(9-13)21(27-26-19)22(29)25-12-15-5-8-30-15/h3-4,9-11,15H,1-2,5-8,12H2,(H,25,29)(H,26,27). The van der Waals surface area contributed by atoms with Gasteiger partial charge in [-0.15, -0.1) is 0 Å². The Morgan fingerprint density at radius 1 is 1.23 bits per heavy atom. The molecular formula is C22H22F2N4O2. The van der Waals surface area contributed by atoms with Crippen LogP contribution in [0.3, 0.4) is 0 Å². The van der Waals surface area contributed by atoms with Crippen LogP contribution in [0.1, 0.15) is 29.8 Å². The SMILES string of the molecule is O=C(NCC1CCO1)c1n[nH]c2ccc(-c3cc(N4CCCC4)cc(F)c3F)cc12. The van der Waals surface area contributed by atoms with Crippen LogP contribution in [0.4, 0.5) is 14.5 Å². The highest BCUT2D eigenvalue weighted by Gasteiger charge is 2.22. The molecule has 0 spiro atoms. The molecule has 6 nitrogen and oxygen atoms in total. The average Bonchev–Trinajstić information content (AvgIpc) is 3.38. The van der Waals surface area contributed by atoms with Crippen LogP contribution in [0, 0.1) is 11.6 Å². The van der Waals surface area contributed by atoms with Crippen LogP contribution in [-0.4, -0.2) is 48.4 Å². The summed E-state index contributed by atoms with van der Waals surface area (Å²) in [6.45, 7) is 2.80. The summed E-state index contributed by atoms with van der Waals surface area (Å²) in [5.74, 6) is -2.10. The minimum absolute atomic E-state index is 0.0418. The fourth-order valence-corrected chi connectivity index (χ4v) is 4.03. The van der Waals surface area contributed by atoms with Crippen LogP contribution >= 0.6 is 0 Å². The molecular weight excluding hydrogens is 390 g/mol. The number of H-pyrrole nitrogens is 1. The molecule has 3 aromatic rings. The topological polar surface area (TPSA) is 70.2 Å². The van der Waals surface area contributed by atoms with Gasteiger partial charge in [0.25, 0.3) is 5.91 Å². The molecule has 8 heteroatoms. The number of benzene rings is 2. The molecule has 2 aromatic carbocycles. The fraction of sp³-hybridized carbons (Fsp3) is 0.364. The van der Waals surface area contributed by atoms with Crippen LogP contribution in [0.15, 0.2) is 30.3 Å². The van der Waals surface area contributed by atoms with Gasteiger partial charge in [-0.2, -0.15) is 5.10 Å². The third-order valence-corrected chi connectivity index (χ3v) is 5.86. The van der Waals surface area contributed by atoms with E-state index in [1.165, 1.54) is 6.07 Å². The number of carbonyl (C=O) groups excluding carboxylic acids is 1. The highest BCUT2D eigenvalue weighted by atomic mass is 19.2. The number of aromatic nitrogens is 2. The van der Waals surface area contributed by atoms with Crippen LogP contribution in [0.2, 0.25) is 0 Å². The van der Waals surface area contributed by atoms with Crippen molar-refractivity contribution in [3.05, 3.63) is 47.7 Å². The van der Waals surface area contributed by atoms with E-state index < -0.39 is 11.6 Å². The van der Waals surface area contributed by atoms with Gasteiger partial charge in [-0.3, -0.25) is 9.89 Å². The van der Waals surface area contributed by atoms with Gasteiger partial charge in [0.05, 0.1) is 11.6 Å². The fourth-order valence-electron chi connectivity index (χ4n) is 4.03. The van der Waals surface area contributed by atoms with E-state index in [2.05, 4.69) is 20.4 Å². The van der Waals surface area contributed by atoms with Crippen molar-refractivity contribution < 1.29 is 18.3 Å². The Balaban J connectivity index is 1.49. The Kier molecular flexibility index (Phi) is 4.86. The van der Waals surface area contributed by atoms with Gasteiger partial charge in [-0.05, 0) is 43.0 Å². The van der Waals surface area contributed by atoms with Gasteiger partial charge in [0.2, 0.25) is 0 Å². The first-order valence-corrected chi connectivity index (χ1v) is 10.2. The van der Waals surface area contributed by atoms with Crippen molar-refractivity contribution in [1.82, 2.24) is 15.5 Å². The lowest BCUT2D eigenvalue weighted by molar-refractivity contribution is -0.0473. The lowest BCUT2D eigenvalue weighted by Gasteiger charge is -2.26. The maximum absolute atomic E-state index is 14.7. The number of rotatable bonds is 5. The van der Waals surface area contributed by atoms with Crippen molar-refractivity contribution in [2.45, 2.75) is 25.4 Å². The van der Waals surface area contributed by atoms with Crippen LogP contribution in [-0.2, 0) is 4.74 Å². The van der Waals surface area contributed by atoms with E-state index in [1.807, 2.05) is 0 Å². The summed E-state index contributed by atoms with van der Waals surface area (Å²) in [5, 5.41) is 10.3. The molecule has 30 heavy (non-hydrogen) atoms. The van der Waals surface area contributed by atoms with Crippen molar-refractivity contribution in [1.29, 1.82) is 0 Å².